The molecule has 4 rings (SSSR count). The fourth-order valence-corrected chi connectivity index (χ4v) is 4.99. The van der Waals surface area contributed by atoms with Gasteiger partial charge >= 0.3 is 11.9 Å². The van der Waals surface area contributed by atoms with Crippen molar-refractivity contribution < 1.29 is 28.9 Å². The van der Waals surface area contributed by atoms with Gasteiger partial charge in [0.1, 0.15) is 12.2 Å². The van der Waals surface area contributed by atoms with E-state index in [1.807, 2.05) is 20.8 Å². The predicted molar refractivity (Wildman–Crippen MR) is 92.0 cm³/mol. The Morgan fingerprint density at radius 1 is 1.38 bits per heavy atom. The van der Waals surface area contributed by atoms with E-state index in [1.165, 1.54) is 0 Å². The molecule has 0 radical (unpaired) electrons. The summed E-state index contributed by atoms with van der Waals surface area (Å²) in [4.78, 5) is 24.8. The maximum Gasteiger partial charge on any atom is 0.341 e. The number of esters is 2. The number of allylic oxidation sites excluding steroid dienone is 1. The van der Waals surface area contributed by atoms with Crippen LogP contribution in [0.3, 0.4) is 0 Å². The van der Waals surface area contributed by atoms with Crippen molar-refractivity contribution in [2.24, 2.45) is 11.3 Å². The van der Waals surface area contributed by atoms with Gasteiger partial charge in [-0.3, -0.25) is 0 Å². The molecule has 0 aromatic carbocycles. The first kappa shape index (κ1) is 17.7. The van der Waals surface area contributed by atoms with E-state index >= 15 is 0 Å². The van der Waals surface area contributed by atoms with Crippen LogP contribution in [0.5, 0.6) is 0 Å². The van der Waals surface area contributed by atoms with Crippen molar-refractivity contribution in [3.63, 3.8) is 0 Å². The molecule has 0 unspecified atom stereocenters. The molecule has 0 aromatic heterocycles. The molecule has 4 aliphatic rings. The van der Waals surface area contributed by atoms with Crippen molar-refractivity contribution in [1.29, 1.82) is 0 Å². The van der Waals surface area contributed by atoms with E-state index in [1.54, 1.807) is 6.92 Å². The minimum atomic E-state index is -0.932. The van der Waals surface area contributed by atoms with Gasteiger partial charge in [-0.05, 0) is 45.6 Å². The van der Waals surface area contributed by atoms with E-state index in [9.17, 15) is 14.7 Å². The van der Waals surface area contributed by atoms with Crippen molar-refractivity contribution in [3.05, 3.63) is 23.3 Å². The Morgan fingerprint density at radius 3 is 2.65 bits per heavy atom. The number of rotatable bonds is 2. The summed E-state index contributed by atoms with van der Waals surface area (Å²) in [5.41, 5.74) is 0.938. The van der Waals surface area contributed by atoms with Crippen LogP contribution in [-0.2, 0) is 23.8 Å². The van der Waals surface area contributed by atoms with Crippen LogP contribution in [0.1, 0.15) is 47.0 Å². The molecule has 0 amide bonds. The molecule has 7 atom stereocenters. The van der Waals surface area contributed by atoms with Crippen LogP contribution in [-0.4, -0.2) is 47.1 Å². The fourth-order valence-electron chi connectivity index (χ4n) is 4.99. The lowest BCUT2D eigenvalue weighted by atomic mass is 9.58. The highest BCUT2D eigenvalue weighted by Gasteiger charge is 2.62. The van der Waals surface area contributed by atoms with Crippen LogP contribution < -0.4 is 0 Å². The van der Waals surface area contributed by atoms with E-state index in [0.717, 1.165) is 17.6 Å². The van der Waals surface area contributed by atoms with Gasteiger partial charge in [-0.15, -0.1) is 0 Å². The largest absolute Gasteiger partial charge is 0.459 e. The fraction of sp³-hybridized carbons (Fsp3) is 0.700. The summed E-state index contributed by atoms with van der Waals surface area (Å²) in [5, 5.41) is 10.7. The smallest absolute Gasteiger partial charge is 0.341 e. The summed E-state index contributed by atoms with van der Waals surface area (Å²) in [5.74, 6) is -1.29. The summed E-state index contributed by atoms with van der Waals surface area (Å²) in [6, 6.07) is 0. The lowest BCUT2D eigenvalue weighted by Crippen LogP contribution is -2.53. The van der Waals surface area contributed by atoms with Gasteiger partial charge in [-0.1, -0.05) is 19.1 Å². The van der Waals surface area contributed by atoms with Crippen LogP contribution >= 0.6 is 0 Å². The standard InChI is InChI=1S/C20H26O6/c1-9-6-7-13(21)19(4)8-12(24-18(23)20(5)11(3)26-20)14-10(2)17(22)25-16(14)15(9)19/h11-14,16,21H,2,6-8H2,1,3-5H3/t11-,12-,13+,14-,16-,19-,20-/m0/s1. The normalized spacial score (nSPS) is 47.2. The number of epoxide rings is 1. The Labute approximate surface area is 153 Å². The van der Waals surface area contributed by atoms with E-state index in [2.05, 4.69) is 6.58 Å². The Hall–Kier alpha value is -1.66. The van der Waals surface area contributed by atoms with Crippen LogP contribution in [0.15, 0.2) is 23.3 Å². The first-order valence-corrected chi connectivity index (χ1v) is 9.26. The van der Waals surface area contributed by atoms with Gasteiger partial charge in [-0.25, -0.2) is 9.59 Å². The SMILES string of the molecule is C=C1C(=O)O[C@@H]2C3=C(C)CC[C@@H](O)[C@]3(C)C[C@H](OC(=O)[C@@]3(C)O[C@H]3C)[C@H]12. The highest BCUT2D eigenvalue weighted by atomic mass is 16.7. The van der Waals surface area contributed by atoms with Crippen molar-refractivity contribution >= 4 is 11.9 Å². The molecule has 1 N–H and O–H groups in total. The molecular formula is C20H26O6. The maximum atomic E-state index is 12.6. The first-order chi connectivity index (χ1) is 12.1. The molecule has 6 nitrogen and oxygen atoms in total. The number of hydrogen-bond acceptors (Lipinski definition) is 6. The number of hydrogen-bond donors (Lipinski definition) is 1. The average Bonchev–Trinajstić information content (AvgIpc) is 3.07. The summed E-state index contributed by atoms with van der Waals surface area (Å²) in [6.45, 7) is 11.4. The molecule has 0 aromatic rings. The number of aliphatic hydroxyl groups excluding tert-OH is 1. The second-order valence-electron chi connectivity index (χ2n) is 8.56. The topological polar surface area (TPSA) is 85.4 Å². The second-order valence-corrected chi connectivity index (χ2v) is 8.56. The molecule has 3 fully saturated rings. The van der Waals surface area contributed by atoms with E-state index < -0.39 is 47.2 Å². The predicted octanol–water partition coefficient (Wildman–Crippen LogP) is 2.05. The van der Waals surface area contributed by atoms with E-state index in [4.69, 9.17) is 14.2 Å². The van der Waals surface area contributed by atoms with Gasteiger partial charge in [-0.2, -0.15) is 0 Å². The van der Waals surface area contributed by atoms with E-state index in [0.29, 0.717) is 18.4 Å². The third-order valence-corrected chi connectivity index (χ3v) is 6.94. The molecule has 6 heteroatoms. The Kier molecular flexibility index (Phi) is 3.70. The van der Waals surface area contributed by atoms with Crippen LogP contribution in [0, 0.1) is 11.3 Å². The number of carbonyl (C=O) groups is 2. The lowest BCUT2D eigenvalue weighted by Gasteiger charge is -2.50. The Bertz CT molecular complexity index is 739. The van der Waals surface area contributed by atoms with Crippen molar-refractivity contribution in [1.82, 2.24) is 0 Å². The van der Waals surface area contributed by atoms with Gasteiger partial charge in [0.15, 0.2) is 5.60 Å². The highest BCUT2D eigenvalue weighted by Crippen LogP contribution is 2.56. The molecule has 26 heavy (non-hydrogen) atoms. The van der Waals surface area contributed by atoms with Gasteiger partial charge in [0, 0.05) is 11.0 Å². The van der Waals surface area contributed by atoms with Crippen molar-refractivity contribution in [2.45, 2.75) is 77.0 Å². The Balaban J connectivity index is 1.71. The van der Waals surface area contributed by atoms with Gasteiger partial charge in [0.05, 0.1) is 18.1 Å². The second kappa shape index (κ2) is 5.42. The van der Waals surface area contributed by atoms with Crippen LogP contribution in [0.2, 0.25) is 0 Å². The number of carbonyl (C=O) groups excluding carboxylic acids is 2. The lowest BCUT2D eigenvalue weighted by molar-refractivity contribution is -0.165. The van der Waals surface area contributed by atoms with Crippen molar-refractivity contribution in [2.75, 3.05) is 0 Å². The van der Waals surface area contributed by atoms with E-state index in [-0.39, 0.29) is 6.10 Å². The molecule has 2 saturated heterocycles. The summed E-state index contributed by atoms with van der Waals surface area (Å²) >= 11 is 0. The minimum Gasteiger partial charge on any atom is -0.459 e. The monoisotopic (exact) mass is 362 g/mol. The molecule has 2 heterocycles. The molecule has 1 saturated carbocycles. The number of fused-ring (bicyclic) bond motifs is 3. The number of ether oxygens (including phenoxy) is 3. The summed E-state index contributed by atoms with van der Waals surface area (Å²) in [6.07, 6.45) is 0.00796. The highest BCUT2D eigenvalue weighted by molar-refractivity contribution is 5.92. The maximum absolute atomic E-state index is 12.6. The quantitative estimate of drug-likeness (QED) is 0.350. The zero-order valence-electron chi connectivity index (χ0n) is 15.7. The van der Waals surface area contributed by atoms with Crippen molar-refractivity contribution in [3.8, 4) is 0 Å². The molecule has 0 bridgehead atoms. The molecule has 0 spiro atoms. The molecule has 142 valence electrons. The van der Waals surface area contributed by atoms with Crippen LogP contribution in [0.4, 0.5) is 0 Å². The summed E-state index contributed by atoms with van der Waals surface area (Å²) in [7, 11) is 0. The molecule has 2 aliphatic heterocycles. The summed E-state index contributed by atoms with van der Waals surface area (Å²) < 4.78 is 16.8. The zero-order chi connectivity index (χ0) is 19.0. The van der Waals surface area contributed by atoms with Crippen LogP contribution in [0.25, 0.3) is 0 Å². The molecular weight excluding hydrogens is 336 g/mol. The molecule has 2 aliphatic carbocycles. The van der Waals surface area contributed by atoms with Gasteiger partial charge in [0.25, 0.3) is 0 Å². The van der Waals surface area contributed by atoms with Gasteiger partial charge in [0.2, 0.25) is 0 Å². The zero-order valence-corrected chi connectivity index (χ0v) is 15.7. The third-order valence-electron chi connectivity index (χ3n) is 6.94. The third kappa shape index (κ3) is 2.24. The minimum absolute atomic E-state index is 0.187. The Morgan fingerprint density at radius 2 is 2.04 bits per heavy atom. The average molecular weight is 362 g/mol. The van der Waals surface area contributed by atoms with Gasteiger partial charge < -0.3 is 19.3 Å². The first-order valence-electron chi connectivity index (χ1n) is 9.26. The number of aliphatic hydroxyl groups is 1.